The van der Waals surface area contributed by atoms with Crippen LogP contribution in [-0.4, -0.2) is 42.1 Å². The average molecular weight is 386 g/mol. The summed E-state index contributed by atoms with van der Waals surface area (Å²) < 4.78 is 6.09. The Morgan fingerprint density at radius 1 is 1.40 bits per heavy atom. The van der Waals surface area contributed by atoms with Crippen LogP contribution in [0.5, 0.6) is 0 Å². The molecular formula is C9H13BrIN3O. The molecule has 4 nitrogen and oxygen atoms in total. The van der Waals surface area contributed by atoms with E-state index < -0.39 is 0 Å². The third kappa shape index (κ3) is 4.60. The summed E-state index contributed by atoms with van der Waals surface area (Å²) in [5, 5.41) is 0.895. The van der Waals surface area contributed by atoms with Crippen LogP contribution in [0.1, 0.15) is 0 Å². The quantitative estimate of drug-likeness (QED) is 0.554. The summed E-state index contributed by atoms with van der Waals surface area (Å²) in [6.45, 7) is 2.37. The van der Waals surface area contributed by atoms with Crippen LogP contribution in [0, 0.1) is 3.57 Å². The largest absolute Gasteiger partial charge is 0.383 e. The number of methoxy groups -OCH3 is 1. The summed E-state index contributed by atoms with van der Waals surface area (Å²) in [6.07, 6.45) is 3.63. The molecule has 0 aliphatic carbocycles. The number of nitrogens with zero attached hydrogens (tertiary/aromatic N) is 3. The molecule has 0 saturated carbocycles. The predicted molar refractivity (Wildman–Crippen MR) is 72.6 cm³/mol. The number of rotatable bonds is 6. The van der Waals surface area contributed by atoms with Crippen molar-refractivity contribution in [1.82, 2.24) is 9.97 Å². The third-order valence-electron chi connectivity index (χ3n) is 1.81. The molecule has 0 radical (unpaired) electrons. The smallest absolute Gasteiger partial charge is 0.225 e. The van der Waals surface area contributed by atoms with E-state index in [1.54, 1.807) is 7.11 Å². The number of alkyl halides is 1. The van der Waals surface area contributed by atoms with Gasteiger partial charge >= 0.3 is 0 Å². The molecule has 1 aromatic rings. The number of anilines is 1. The minimum absolute atomic E-state index is 0.683. The molecule has 0 spiro atoms. The van der Waals surface area contributed by atoms with Crippen molar-refractivity contribution in [3.63, 3.8) is 0 Å². The molecule has 0 aliphatic rings. The highest BCUT2D eigenvalue weighted by atomic mass is 127. The van der Waals surface area contributed by atoms with Crippen molar-refractivity contribution in [2.75, 3.05) is 37.0 Å². The fraction of sp³-hybridized carbons (Fsp3) is 0.556. The van der Waals surface area contributed by atoms with Gasteiger partial charge in [-0.15, -0.1) is 0 Å². The van der Waals surface area contributed by atoms with Gasteiger partial charge in [0.1, 0.15) is 0 Å². The van der Waals surface area contributed by atoms with E-state index in [0.717, 1.165) is 27.9 Å². The van der Waals surface area contributed by atoms with Gasteiger partial charge in [0.25, 0.3) is 0 Å². The molecule has 0 bridgehead atoms. The maximum Gasteiger partial charge on any atom is 0.225 e. The first-order valence-electron chi connectivity index (χ1n) is 4.55. The molecule has 0 fully saturated rings. The Morgan fingerprint density at radius 3 is 2.60 bits per heavy atom. The molecule has 84 valence electrons. The van der Waals surface area contributed by atoms with Crippen LogP contribution in [-0.2, 0) is 4.74 Å². The van der Waals surface area contributed by atoms with E-state index in [1.165, 1.54) is 0 Å². The number of halogens is 2. The maximum absolute atomic E-state index is 5.05. The van der Waals surface area contributed by atoms with Gasteiger partial charge in [0.15, 0.2) is 0 Å². The molecule has 15 heavy (non-hydrogen) atoms. The highest BCUT2D eigenvalue weighted by molar-refractivity contribution is 14.1. The molecule has 0 N–H and O–H groups in total. The lowest BCUT2D eigenvalue weighted by Gasteiger charge is -2.20. The van der Waals surface area contributed by atoms with E-state index in [-0.39, 0.29) is 0 Å². The van der Waals surface area contributed by atoms with Crippen molar-refractivity contribution in [2.45, 2.75) is 0 Å². The molecular weight excluding hydrogens is 373 g/mol. The Balaban J connectivity index is 2.65. The zero-order valence-corrected chi connectivity index (χ0v) is 12.2. The summed E-state index contributed by atoms with van der Waals surface area (Å²) in [6, 6.07) is 0. The second-order valence-corrected chi connectivity index (χ2v) is 4.91. The van der Waals surface area contributed by atoms with Crippen LogP contribution in [0.2, 0.25) is 0 Å². The summed E-state index contributed by atoms with van der Waals surface area (Å²) in [5.41, 5.74) is 0. The van der Waals surface area contributed by atoms with Gasteiger partial charge in [-0.1, -0.05) is 15.9 Å². The zero-order valence-electron chi connectivity index (χ0n) is 8.49. The van der Waals surface area contributed by atoms with Gasteiger partial charge in [-0.3, -0.25) is 0 Å². The van der Waals surface area contributed by atoms with E-state index in [1.807, 2.05) is 12.4 Å². The summed E-state index contributed by atoms with van der Waals surface area (Å²) in [5.74, 6) is 0.756. The molecule has 1 aromatic heterocycles. The van der Waals surface area contributed by atoms with E-state index in [2.05, 4.69) is 53.4 Å². The zero-order chi connectivity index (χ0) is 11.1. The highest BCUT2D eigenvalue weighted by Gasteiger charge is 2.07. The van der Waals surface area contributed by atoms with E-state index in [0.29, 0.717) is 6.61 Å². The van der Waals surface area contributed by atoms with Crippen LogP contribution in [0.3, 0.4) is 0 Å². The summed E-state index contributed by atoms with van der Waals surface area (Å²) in [4.78, 5) is 10.7. The van der Waals surface area contributed by atoms with Crippen molar-refractivity contribution >= 4 is 44.5 Å². The Morgan fingerprint density at radius 2 is 2.07 bits per heavy atom. The third-order valence-corrected chi connectivity index (χ3v) is 2.72. The fourth-order valence-electron chi connectivity index (χ4n) is 1.08. The maximum atomic E-state index is 5.05. The topological polar surface area (TPSA) is 38.2 Å². The molecule has 6 heteroatoms. The molecule has 0 aliphatic heterocycles. The lowest BCUT2D eigenvalue weighted by Crippen LogP contribution is -2.30. The minimum Gasteiger partial charge on any atom is -0.383 e. The predicted octanol–water partition coefficient (Wildman–Crippen LogP) is 1.93. The first-order chi connectivity index (χ1) is 7.27. The van der Waals surface area contributed by atoms with Gasteiger partial charge < -0.3 is 9.64 Å². The first-order valence-corrected chi connectivity index (χ1v) is 6.75. The van der Waals surface area contributed by atoms with E-state index in [9.17, 15) is 0 Å². The normalized spacial score (nSPS) is 10.3. The molecule has 0 amide bonds. The monoisotopic (exact) mass is 385 g/mol. The Bertz CT molecular complexity index is 283. The lowest BCUT2D eigenvalue weighted by molar-refractivity contribution is 0.205. The standard InChI is InChI=1S/C9H13BrIN3O/c1-15-5-4-14(3-2-10)9-12-6-8(11)7-13-9/h6-7H,2-5H2,1H3. The number of hydrogen-bond acceptors (Lipinski definition) is 4. The fourth-order valence-corrected chi connectivity index (χ4v) is 1.79. The van der Waals surface area contributed by atoms with Crippen LogP contribution >= 0.6 is 38.5 Å². The van der Waals surface area contributed by atoms with Crippen molar-refractivity contribution < 1.29 is 4.74 Å². The lowest BCUT2D eigenvalue weighted by atomic mass is 10.5. The van der Waals surface area contributed by atoms with Crippen molar-refractivity contribution in [2.24, 2.45) is 0 Å². The average Bonchev–Trinajstić information content (AvgIpc) is 2.25. The first kappa shape index (κ1) is 13.1. The van der Waals surface area contributed by atoms with Crippen molar-refractivity contribution in [3.8, 4) is 0 Å². The molecule has 0 aromatic carbocycles. The summed E-state index contributed by atoms with van der Waals surface area (Å²) in [7, 11) is 1.70. The number of hydrogen-bond donors (Lipinski definition) is 0. The van der Waals surface area contributed by atoms with Crippen LogP contribution in [0.25, 0.3) is 0 Å². The highest BCUT2D eigenvalue weighted by Crippen LogP contribution is 2.08. The second-order valence-electron chi connectivity index (χ2n) is 2.87. The van der Waals surface area contributed by atoms with Crippen LogP contribution in [0.4, 0.5) is 5.95 Å². The minimum atomic E-state index is 0.683. The van der Waals surface area contributed by atoms with Gasteiger partial charge in [0, 0.05) is 41.5 Å². The van der Waals surface area contributed by atoms with E-state index >= 15 is 0 Å². The van der Waals surface area contributed by atoms with Gasteiger partial charge in [-0.25, -0.2) is 9.97 Å². The van der Waals surface area contributed by atoms with Crippen LogP contribution in [0.15, 0.2) is 12.4 Å². The molecule has 1 heterocycles. The van der Waals surface area contributed by atoms with Gasteiger partial charge in [-0.05, 0) is 22.6 Å². The summed E-state index contributed by atoms with van der Waals surface area (Å²) >= 11 is 5.61. The molecule has 0 saturated heterocycles. The van der Waals surface area contributed by atoms with Gasteiger partial charge in [-0.2, -0.15) is 0 Å². The molecule has 0 unspecified atom stereocenters. The molecule has 0 atom stereocenters. The molecule has 1 rings (SSSR count). The number of aromatic nitrogens is 2. The number of ether oxygens (including phenoxy) is 1. The van der Waals surface area contributed by atoms with E-state index in [4.69, 9.17) is 4.74 Å². The Kier molecular flexibility index (Phi) is 6.42. The van der Waals surface area contributed by atoms with Crippen molar-refractivity contribution in [1.29, 1.82) is 0 Å². The van der Waals surface area contributed by atoms with Crippen molar-refractivity contribution in [3.05, 3.63) is 16.0 Å². The van der Waals surface area contributed by atoms with Gasteiger partial charge in [0.05, 0.1) is 6.61 Å². The Labute approximate surface area is 112 Å². The van der Waals surface area contributed by atoms with Crippen LogP contribution < -0.4 is 4.90 Å². The second kappa shape index (κ2) is 7.34. The Hall–Kier alpha value is 0.0500. The van der Waals surface area contributed by atoms with Gasteiger partial charge in [0.2, 0.25) is 5.95 Å². The SMILES string of the molecule is COCCN(CCBr)c1ncc(I)cn1.